The average molecular weight is 573 g/mol. The van der Waals surface area contributed by atoms with E-state index in [2.05, 4.69) is 25.9 Å². The van der Waals surface area contributed by atoms with E-state index in [0.717, 1.165) is 19.3 Å². The molecule has 1 unspecified atom stereocenters. The first-order chi connectivity index (χ1) is 19.1. The van der Waals surface area contributed by atoms with E-state index in [9.17, 15) is 24.3 Å². The minimum absolute atomic E-state index is 0.000902. The second-order valence-corrected chi connectivity index (χ2v) is 10.2. The Labute approximate surface area is 239 Å². The van der Waals surface area contributed by atoms with E-state index in [1.165, 1.54) is 6.20 Å². The number of amides is 3. The number of carbonyl (C=O) groups excluding carboxylic acids is 3. The number of benzene rings is 1. The molecule has 1 aromatic heterocycles. The number of nitrogens with zero attached hydrogens (tertiary/aromatic N) is 3. The number of halogens is 1. The molecule has 1 aromatic carbocycles. The molecular formula is C28H37ClN6O5. The molecule has 1 aliphatic rings. The molecule has 0 aliphatic carbocycles. The van der Waals surface area contributed by atoms with Crippen molar-refractivity contribution in [2.75, 3.05) is 30.3 Å². The molecule has 0 radical (unpaired) electrons. The van der Waals surface area contributed by atoms with Crippen molar-refractivity contribution in [3.63, 3.8) is 0 Å². The lowest BCUT2D eigenvalue weighted by molar-refractivity contribution is -0.153. The summed E-state index contributed by atoms with van der Waals surface area (Å²) in [6.45, 7) is 7.41. The van der Waals surface area contributed by atoms with Crippen LogP contribution in [0.2, 0.25) is 5.02 Å². The number of aromatic nitrogens is 2. The monoisotopic (exact) mass is 572 g/mol. The maximum Gasteiger partial charge on any atom is 0.326 e. The van der Waals surface area contributed by atoms with E-state index in [1.54, 1.807) is 43.0 Å². The van der Waals surface area contributed by atoms with E-state index in [0.29, 0.717) is 36.8 Å². The van der Waals surface area contributed by atoms with Gasteiger partial charge in [0.25, 0.3) is 5.91 Å². The molecule has 40 heavy (non-hydrogen) atoms. The summed E-state index contributed by atoms with van der Waals surface area (Å²) >= 11 is 6.13. The minimum Gasteiger partial charge on any atom is -0.480 e. The summed E-state index contributed by atoms with van der Waals surface area (Å²) in [6, 6.07) is 5.34. The Kier molecular flexibility index (Phi) is 10.8. The van der Waals surface area contributed by atoms with Crippen LogP contribution in [0.4, 0.5) is 11.6 Å². The molecule has 1 aliphatic heterocycles. The third-order valence-corrected chi connectivity index (χ3v) is 7.47. The standard InChI is InChI=1S/C28H37ClN6O5/c1-4-13-30-27-31-17-20(29)22(34-27)23(36)32-19-11-9-18(10-12-19)16-21(24(37)38)33-25(39)28(5-2,6-3)26(40)35-14-7-8-15-35/h9-12,17,21H,4-8,13-16H2,1-3H3,(H,32,36)(H,33,39)(H,37,38)(H,30,31,34). The van der Waals surface area contributed by atoms with Crippen molar-refractivity contribution in [3.05, 3.63) is 46.7 Å². The minimum atomic E-state index is -1.31. The summed E-state index contributed by atoms with van der Waals surface area (Å²) in [5, 5.41) is 18.3. The Morgan fingerprint density at radius 2 is 1.73 bits per heavy atom. The van der Waals surface area contributed by atoms with Crippen molar-refractivity contribution >= 4 is 46.9 Å². The maximum atomic E-state index is 13.4. The zero-order valence-corrected chi connectivity index (χ0v) is 23.9. The van der Waals surface area contributed by atoms with Gasteiger partial charge >= 0.3 is 5.97 Å². The summed E-state index contributed by atoms with van der Waals surface area (Å²) in [5.41, 5.74) is -0.205. The fourth-order valence-corrected chi connectivity index (χ4v) is 4.87. The van der Waals surface area contributed by atoms with Crippen LogP contribution in [0.25, 0.3) is 0 Å². The third-order valence-electron chi connectivity index (χ3n) is 7.19. The molecule has 0 saturated carbocycles. The van der Waals surface area contributed by atoms with E-state index in [-0.39, 0.29) is 35.9 Å². The molecule has 2 aromatic rings. The summed E-state index contributed by atoms with van der Waals surface area (Å²) in [6.07, 6.45) is 4.57. The highest BCUT2D eigenvalue weighted by atomic mass is 35.5. The second-order valence-electron chi connectivity index (χ2n) is 9.82. The van der Waals surface area contributed by atoms with Crippen LogP contribution in [0.15, 0.2) is 30.5 Å². The number of likely N-dealkylation sites (tertiary alicyclic amines) is 1. The summed E-state index contributed by atoms with van der Waals surface area (Å²) in [4.78, 5) is 61.4. The van der Waals surface area contributed by atoms with Crippen LogP contribution in [0.5, 0.6) is 0 Å². The average Bonchev–Trinajstić information content (AvgIpc) is 3.49. The molecular weight excluding hydrogens is 536 g/mol. The Balaban J connectivity index is 1.68. The first-order valence-corrected chi connectivity index (χ1v) is 14.0. The Morgan fingerprint density at radius 1 is 1.07 bits per heavy atom. The number of hydrogen-bond acceptors (Lipinski definition) is 7. The number of anilines is 2. The van der Waals surface area contributed by atoms with Crippen molar-refractivity contribution in [1.82, 2.24) is 20.2 Å². The molecule has 1 fully saturated rings. The van der Waals surface area contributed by atoms with Gasteiger partial charge in [0.2, 0.25) is 17.8 Å². The molecule has 12 heteroatoms. The number of rotatable bonds is 13. The van der Waals surface area contributed by atoms with Crippen LogP contribution < -0.4 is 16.0 Å². The molecule has 1 saturated heterocycles. The van der Waals surface area contributed by atoms with Crippen LogP contribution in [0, 0.1) is 5.41 Å². The van der Waals surface area contributed by atoms with E-state index >= 15 is 0 Å². The van der Waals surface area contributed by atoms with Gasteiger partial charge < -0.3 is 26.0 Å². The lowest BCUT2D eigenvalue weighted by Crippen LogP contribution is -2.55. The SMILES string of the molecule is CCCNc1ncc(Cl)c(C(=O)Nc2ccc(CC(NC(=O)C(CC)(CC)C(=O)N3CCCC3)C(=O)O)cc2)n1. The van der Waals surface area contributed by atoms with Crippen molar-refractivity contribution < 1.29 is 24.3 Å². The third kappa shape index (κ3) is 7.26. The van der Waals surface area contributed by atoms with Gasteiger partial charge in [-0.05, 0) is 49.8 Å². The van der Waals surface area contributed by atoms with Gasteiger partial charge in [0.1, 0.15) is 11.5 Å². The van der Waals surface area contributed by atoms with Gasteiger partial charge in [-0.3, -0.25) is 14.4 Å². The number of hydrogen-bond donors (Lipinski definition) is 4. The zero-order chi connectivity index (χ0) is 29.3. The van der Waals surface area contributed by atoms with Gasteiger partial charge in [0.15, 0.2) is 5.69 Å². The van der Waals surface area contributed by atoms with Gasteiger partial charge in [-0.15, -0.1) is 0 Å². The quantitative estimate of drug-likeness (QED) is 0.265. The molecule has 11 nitrogen and oxygen atoms in total. The highest BCUT2D eigenvalue weighted by molar-refractivity contribution is 6.34. The predicted molar refractivity (Wildman–Crippen MR) is 152 cm³/mol. The number of carboxylic acid groups (broad SMARTS) is 1. The smallest absolute Gasteiger partial charge is 0.326 e. The second kappa shape index (κ2) is 14.1. The Bertz CT molecular complexity index is 1210. The topological polar surface area (TPSA) is 154 Å². The number of aliphatic carboxylic acids is 1. The largest absolute Gasteiger partial charge is 0.480 e. The molecule has 4 N–H and O–H groups in total. The van der Waals surface area contributed by atoms with Crippen molar-refractivity contribution in [1.29, 1.82) is 0 Å². The molecule has 0 spiro atoms. The molecule has 0 bridgehead atoms. The van der Waals surface area contributed by atoms with Gasteiger partial charge in [0, 0.05) is 31.7 Å². The predicted octanol–water partition coefficient (Wildman–Crippen LogP) is 3.74. The summed E-state index contributed by atoms with van der Waals surface area (Å²) in [5.74, 6) is -2.24. The molecule has 2 heterocycles. The Morgan fingerprint density at radius 3 is 2.30 bits per heavy atom. The Hall–Kier alpha value is -3.73. The number of carboxylic acids is 1. The van der Waals surface area contributed by atoms with Gasteiger partial charge in [-0.1, -0.05) is 44.5 Å². The van der Waals surface area contributed by atoms with Gasteiger partial charge in [-0.25, -0.2) is 14.8 Å². The summed E-state index contributed by atoms with van der Waals surface area (Å²) in [7, 11) is 0. The van der Waals surface area contributed by atoms with Gasteiger partial charge in [-0.2, -0.15) is 0 Å². The fourth-order valence-electron chi connectivity index (χ4n) is 4.69. The highest BCUT2D eigenvalue weighted by Crippen LogP contribution is 2.31. The highest BCUT2D eigenvalue weighted by Gasteiger charge is 2.46. The van der Waals surface area contributed by atoms with E-state index in [4.69, 9.17) is 11.6 Å². The van der Waals surface area contributed by atoms with Crippen LogP contribution in [-0.2, 0) is 20.8 Å². The first kappa shape index (κ1) is 30.8. The first-order valence-electron chi connectivity index (χ1n) is 13.6. The van der Waals surface area contributed by atoms with Crippen molar-refractivity contribution in [3.8, 4) is 0 Å². The van der Waals surface area contributed by atoms with Crippen LogP contribution in [0.1, 0.15) is 68.9 Å². The fraction of sp³-hybridized carbons (Fsp3) is 0.500. The molecule has 216 valence electrons. The van der Waals surface area contributed by atoms with E-state index < -0.39 is 29.2 Å². The lowest BCUT2D eigenvalue weighted by atomic mass is 9.79. The normalized spacial score (nSPS) is 13.9. The van der Waals surface area contributed by atoms with Crippen LogP contribution >= 0.6 is 11.6 Å². The lowest BCUT2D eigenvalue weighted by Gasteiger charge is -2.34. The van der Waals surface area contributed by atoms with Gasteiger partial charge in [0.05, 0.1) is 11.2 Å². The zero-order valence-electron chi connectivity index (χ0n) is 23.1. The van der Waals surface area contributed by atoms with Crippen molar-refractivity contribution in [2.45, 2.75) is 65.3 Å². The molecule has 3 rings (SSSR count). The van der Waals surface area contributed by atoms with Crippen molar-refractivity contribution in [2.24, 2.45) is 5.41 Å². The maximum absolute atomic E-state index is 13.4. The van der Waals surface area contributed by atoms with E-state index in [1.807, 2.05) is 6.92 Å². The molecule has 1 atom stereocenters. The number of carbonyl (C=O) groups is 4. The number of nitrogens with one attached hydrogen (secondary N) is 3. The molecule has 3 amide bonds. The van der Waals surface area contributed by atoms with Crippen LogP contribution in [0.3, 0.4) is 0 Å². The summed E-state index contributed by atoms with van der Waals surface area (Å²) < 4.78 is 0. The van der Waals surface area contributed by atoms with Crippen LogP contribution in [-0.4, -0.2) is 69.3 Å².